The van der Waals surface area contributed by atoms with Crippen LogP contribution in [0, 0.1) is 0 Å². The number of rotatable bonds is 1. The fraction of sp³-hybridized carbons (Fsp3) is 0. The number of aromatic nitrogens is 5. The van der Waals surface area contributed by atoms with Gasteiger partial charge in [-0.1, -0.05) is 0 Å². The number of hydrogen-bond acceptors (Lipinski definition) is 4. The molecule has 78 valence electrons. The van der Waals surface area contributed by atoms with Gasteiger partial charge in [0.15, 0.2) is 5.65 Å². The first kappa shape index (κ1) is 9.41. The molecule has 3 rings (SSSR count). The monoisotopic (exact) mass is 275 g/mol. The first-order valence-electron chi connectivity index (χ1n) is 4.60. The largest absolute Gasteiger partial charge is 0.245 e. The molecule has 0 N–H and O–H groups in total. The van der Waals surface area contributed by atoms with Crippen molar-refractivity contribution in [2.24, 2.45) is 0 Å². The summed E-state index contributed by atoms with van der Waals surface area (Å²) < 4.78 is 2.59. The van der Waals surface area contributed by atoms with Crippen LogP contribution in [0.5, 0.6) is 0 Å². The van der Waals surface area contributed by atoms with E-state index in [2.05, 4.69) is 36.0 Å². The molecule has 6 heteroatoms. The molecule has 0 aliphatic carbocycles. The molecule has 0 saturated carbocycles. The molecule has 0 spiro atoms. The van der Waals surface area contributed by atoms with E-state index < -0.39 is 0 Å². The maximum Gasteiger partial charge on any atom is 0.169 e. The van der Waals surface area contributed by atoms with Gasteiger partial charge in [0.2, 0.25) is 0 Å². The standard InChI is InChI=1S/C10H6BrN5/c11-8-4-15-16-5-7(3-13-10(8)16)9-1-2-12-6-14-9/h1-6H. The highest BCUT2D eigenvalue weighted by Gasteiger charge is 2.05. The average molecular weight is 276 g/mol. The highest BCUT2D eigenvalue weighted by molar-refractivity contribution is 9.10. The van der Waals surface area contributed by atoms with Crippen LogP contribution in [0.3, 0.4) is 0 Å². The number of halogens is 1. The summed E-state index contributed by atoms with van der Waals surface area (Å²) in [5.74, 6) is 0. The maximum atomic E-state index is 4.31. The van der Waals surface area contributed by atoms with E-state index in [9.17, 15) is 0 Å². The van der Waals surface area contributed by atoms with Gasteiger partial charge in [-0.15, -0.1) is 0 Å². The second-order valence-electron chi connectivity index (χ2n) is 3.20. The minimum Gasteiger partial charge on any atom is -0.245 e. The summed E-state index contributed by atoms with van der Waals surface area (Å²) in [6.45, 7) is 0. The van der Waals surface area contributed by atoms with Crippen LogP contribution in [0.15, 0.2) is 41.7 Å². The molecular weight excluding hydrogens is 270 g/mol. The molecule has 0 aliphatic heterocycles. The lowest BCUT2D eigenvalue weighted by molar-refractivity contribution is 0.939. The third-order valence-corrected chi connectivity index (χ3v) is 2.75. The van der Waals surface area contributed by atoms with Crippen LogP contribution in [-0.2, 0) is 0 Å². The third-order valence-electron chi connectivity index (χ3n) is 2.19. The Balaban J connectivity index is 2.19. The summed E-state index contributed by atoms with van der Waals surface area (Å²) in [5.41, 5.74) is 2.53. The van der Waals surface area contributed by atoms with E-state index in [0.29, 0.717) is 0 Å². The molecule has 3 aromatic rings. The lowest BCUT2D eigenvalue weighted by atomic mass is 10.2. The van der Waals surface area contributed by atoms with Gasteiger partial charge in [-0.25, -0.2) is 19.5 Å². The third kappa shape index (κ3) is 1.47. The highest BCUT2D eigenvalue weighted by atomic mass is 79.9. The molecular formula is C10H6BrN5. The summed E-state index contributed by atoms with van der Waals surface area (Å²) >= 11 is 3.38. The van der Waals surface area contributed by atoms with Crippen LogP contribution in [-0.4, -0.2) is 24.6 Å². The van der Waals surface area contributed by atoms with Gasteiger partial charge >= 0.3 is 0 Å². The molecule has 0 atom stereocenters. The van der Waals surface area contributed by atoms with Crippen LogP contribution >= 0.6 is 15.9 Å². The van der Waals surface area contributed by atoms with Crippen molar-refractivity contribution in [3.8, 4) is 11.3 Å². The Morgan fingerprint density at radius 2 is 2.12 bits per heavy atom. The second kappa shape index (κ2) is 3.64. The Hall–Kier alpha value is -1.82. The fourth-order valence-corrected chi connectivity index (χ4v) is 1.82. The Kier molecular flexibility index (Phi) is 2.14. The molecule has 0 fully saturated rings. The zero-order valence-electron chi connectivity index (χ0n) is 8.08. The van der Waals surface area contributed by atoms with Crippen LogP contribution in [0.25, 0.3) is 16.9 Å². The molecule has 0 aliphatic rings. The zero-order valence-corrected chi connectivity index (χ0v) is 9.66. The molecule has 0 bridgehead atoms. The SMILES string of the molecule is Brc1cnn2cc(-c3ccncn3)cnc12. The van der Waals surface area contributed by atoms with E-state index in [-0.39, 0.29) is 0 Å². The van der Waals surface area contributed by atoms with E-state index in [4.69, 9.17) is 0 Å². The van der Waals surface area contributed by atoms with Crippen molar-refractivity contribution in [1.82, 2.24) is 24.6 Å². The van der Waals surface area contributed by atoms with Gasteiger partial charge < -0.3 is 0 Å². The van der Waals surface area contributed by atoms with Crippen molar-refractivity contribution in [2.45, 2.75) is 0 Å². The molecule has 0 aromatic carbocycles. The van der Waals surface area contributed by atoms with Crippen LogP contribution in [0.2, 0.25) is 0 Å². The molecule has 0 unspecified atom stereocenters. The predicted octanol–water partition coefficient (Wildman–Crippen LogP) is 1.95. The van der Waals surface area contributed by atoms with E-state index >= 15 is 0 Å². The summed E-state index contributed by atoms with van der Waals surface area (Å²) in [6.07, 6.45) is 8.58. The van der Waals surface area contributed by atoms with Crippen molar-refractivity contribution in [3.05, 3.63) is 41.7 Å². The van der Waals surface area contributed by atoms with Crippen LogP contribution in [0.1, 0.15) is 0 Å². The summed E-state index contributed by atoms with van der Waals surface area (Å²) in [4.78, 5) is 12.3. The Morgan fingerprint density at radius 1 is 1.19 bits per heavy atom. The average Bonchev–Trinajstić information content (AvgIpc) is 2.72. The minimum atomic E-state index is 0.790. The van der Waals surface area contributed by atoms with Gasteiger partial charge in [0, 0.05) is 24.2 Å². The lowest BCUT2D eigenvalue weighted by Crippen LogP contribution is -1.92. The highest BCUT2D eigenvalue weighted by Crippen LogP contribution is 2.19. The van der Waals surface area contributed by atoms with Gasteiger partial charge in [0.1, 0.15) is 6.33 Å². The lowest BCUT2D eigenvalue weighted by Gasteiger charge is -1.99. The van der Waals surface area contributed by atoms with E-state index in [1.54, 1.807) is 23.1 Å². The van der Waals surface area contributed by atoms with E-state index in [0.717, 1.165) is 21.4 Å². The van der Waals surface area contributed by atoms with Crippen LogP contribution in [0.4, 0.5) is 0 Å². The predicted molar refractivity (Wildman–Crippen MR) is 61.7 cm³/mol. The van der Waals surface area contributed by atoms with Crippen molar-refractivity contribution in [2.75, 3.05) is 0 Å². The second-order valence-corrected chi connectivity index (χ2v) is 4.05. The number of hydrogen-bond donors (Lipinski definition) is 0. The van der Waals surface area contributed by atoms with Gasteiger partial charge in [-0.05, 0) is 22.0 Å². The molecule has 0 amide bonds. The first-order valence-corrected chi connectivity index (χ1v) is 5.39. The molecule has 5 nitrogen and oxygen atoms in total. The molecule has 3 heterocycles. The smallest absolute Gasteiger partial charge is 0.169 e. The quantitative estimate of drug-likeness (QED) is 0.681. The maximum absolute atomic E-state index is 4.31. The number of fused-ring (bicyclic) bond motifs is 1. The molecule has 3 aromatic heterocycles. The summed E-state index contributed by atoms with van der Waals surface area (Å²) in [7, 11) is 0. The van der Waals surface area contributed by atoms with Gasteiger partial charge in [0.25, 0.3) is 0 Å². The van der Waals surface area contributed by atoms with Gasteiger partial charge in [-0.3, -0.25) is 0 Å². The van der Waals surface area contributed by atoms with Crippen molar-refractivity contribution >= 4 is 21.6 Å². The first-order chi connectivity index (χ1) is 7.84. The molecule has 0 saturated heterocycles. The fourth-order valence-electron chi connectivity index (χ4n) is 1.44. The summed E-state index contributed by atoms with van der Waals surface area (Å²) in [6, 6.07) is 1.83. The van der Waals surface area contributed by atoms with E-state index in [1.807, 2.05) is 12.3 Å². The number of nitrogens with zero attached hydrogens (tertiary/aromatic N) is 5. The van der Waals surface area contributed by atoms with Crippen molar-refractivity contribution < 1.29 is 0 Å². The van der Waals surface area contributed by atoms with Crippen molar-refractivity contribution in [1.29, 1.82) is 0 Å². The summed E-state index contributed by atoms with van der Waals surface area (Å²) in [5, 5.41) is 4.17. The molecule has 16 heavy (non-hydrogen) atoms. The van der Waals surface area contributed by atoms with Crippen molar-refractivity contribution in [3.63, 3.8) is 0 Å². The molecule has 0 radical (unpaired) electrons. The Bertz CT molecular complexity index is 634. The van der Waals surface area contributed by atoms with Gasteiger partial charge in [-0.2, -0.15) is 5.10 Å². The normalized spacial score (nSPS) is 10.8. The Morgan fingerprint density at radius 3 is 2.94 bits per heavy atom. The topological polar surface area (TPSA) is 56.0 Å². The van der Waals surface area contributed by atoms with Gasteiger partial charge in [0.05, 0.1) is 16.4 Å². The zero-order chi connectivity index (χ0) is 11.0. The minimum absolute atomic E-state index is 0.790. The van der Waals surface area contributed by atoms with E-state index in [1.165, 1.54) is 6.33 Å². The van der Waals surface area contributed by atoms with Crippen LogP contribution < -0.4 is 0 Å². The Labute approximate surface area is 99.3 Å².